The van der Waals surface area contributed by atoms with Crippen molar-refractivity contribution >= 4 is 0 Å². The Hall–Kier alpha value is -1.14. The molecule has 0 radical (unpaired) electrons. The Bertz CT molecular complexity index is 333. The monoisotopic (exact) mass is 214 g/mol. The first-order valence-electron chi connectivity index (χ1n) is 4.44. The van der Waals surface area contributed by atoms with Crippen LogP contribution in [0.5, 0.6) is 5.75 Å². The average Bonchev–Trinajstić information content (AvgIpc) is 2.27. The van der Waals surface area contributed by atoms with E-state index in [9.17, 15) is 10.2 Å². The van der Waals surface area contributed by atoms with E-state index >= 15 is 0 Å². The number of aliphatic hydroxyl groups is 4. The van der Waals surface area contributed by atoms with E-state index in [1.54, 1.807) is 0 Å². The summed E-state index contributed by atoms with van der Waals surface area (Å²) < 4.78 is 0. The van der Waals surface area contributed by atoms with Crippen molar-refractivity contribution < 1.29 is 25.5 Å². The molecule has 0 aliphatic rings. The minimum absolute atomic E-state index is 0.0321. The Morgan fingerprint density at radius 2 is 1.67 bits per heavy atom. The normalized spacial score (nSPS) is 11.7. The molecular formula is C10H14O5. The molecule has 0 fully saturated rings. The molecule has 5 nitrogen and oxygen atoms in total. The van der Waals surface area contributed by atoms with Crippen molar-refractivity contribution in [1.29, 1.82) is 0 Å². The van der Waals surface area contributed by atoms with Crippen molar-refractivity contribution in [3.8, 4) is 5.75 Å². The number of aliphatic hydroxyl groups excluding tert-OH is 3. The van der Waals surface area contributed by atoms with Gasteiger partial charge in [0.15, 0.2) is 0 Å². The minimum atomic E-state index is -1.86. The van der Waals surface area contributed by atoms with Crippen molar-refractivity contribution in [3.05, 3.63) is 29.3 Å². The van der Waals surface area contributed by atoms with Crippen LogP contribution in [0.25, 0.3) is 0 Å². The van der Waals surface area contributed by atoms with E-state index in [0.29, 0.717) is 5.56 Å². The summed E-state index contributed by atoms with van der Waals surface area (Å²) in [6, 6.07) is 4.12. The number of hydrogen-bond acceptors (Lipinski definition) is 5. The number of hydrogen-bond donors (Lipinski definition) is 5. The van der Waals surface area contributed by atoms with Gasteiger partial charge in [-0.1, -0.05) is 12.1 Å². The van der Waals surface area contributed by atoms with Crippen LogP contribution in [0.1, 0.15) is 11.1 Å². The predicted octanol–water partition coefficient (Wildman–Crippen LogP) is -0.943. The van der Waals surface area contributed by atoms with Crippen LogP contribution in [0.3, 0.4) is 0 Å². The molecule has 0 heterocycles. The number of phenolic OH excluding ortho intramolecular Hbond substituents is 1. The molecule has 0 bridgehead atoms. The number of benzene rings is 1. The van der Waals surface area contributed by atoms with Crippen LogP contribution in [0.4, 0.5) is 0 Å². The van der Waals surface area contributed by atoms with Gasteiger partial charge in [0, 0.05) is 5.56 Å². The highest BCUT2D eigenvalue weighted by atomic mass is 16.4. The summed E-state index contributed by atoms with van der Waals surface area (Å²) in [5.74, 6) is -0.271. The van der Waals surface area contributed by atoms with Crippen LogP contribution < -0.4 is 0 Å². The van der Waals surface area contributed by atoms with Crippen LogP contribution in [0, 0.1) is 0 Å². The molecule has 0 spiro atoms. The van der Waals surface area contributed by atoms with Crippen molar-refractivity contribution in [2.24, 2.45) is 0 Å². The molecule has 1 aromatic carbocycles. The molecule has 0 unspecified atom stereocenters. The van der Waals surface area contributed by atoms with E-state index in [2.05, 4.69) is 0 Å². The first-order valence-corrected chi connectivity index (χ1v) is 4.44. The van der Waals surface area contributed by atoms with Gasteiger partial charge in [-0.3, -0.25) is 0 Å². The quantitative estimate of drug-likeness (QED) is 0.445. The van der Waals surface area contributed by atoms with E-state index in [4.69, 9.17) is 15.3 Å². The maximum atomic E-state index is 9.72. The smallest absolute Gasteiger partial charge is 0.139 e. The fourth-order valence-electron chi connectivity index (χ4n) is 1.29. The largest absolute Gasteiger partial charge is 0.508 e. The van der Waals surface area contributed by atoms with Crippen molar-refractivity contribution in [2.45, 2.75) is 12.2 Å². The van der Waals surface area contributed by atoms with Crippen LogP contribution in [0.2, 0.25) is 0 Å². The summed E-state index contributed by atoms with van der Waals surface area (Å²) in [6.45, 7) is -1.63. The number of rotatable bonds is 4. The third-order valence-corrected chi connectivity index (χ3v) is 2.27. The molecule has 84 valence electrons. The van der Waals surface area contributed by atoms with Gasteiger partial charge in [-0.05, 0) is 11.6 Å². The molecule has 0 atom stereocenters. The molecule has 0 saturated heterocycles. The first kappa shape index (κ1) is 11.9. The fraction of sp³-hybridized carbons (Fsp3) is 0.400. The molecule has 0 saturated carbocycles. The van der Waals surface area contributed by atoms with Crippen molar-refractivity contribution in [3.63, 3.8) is 0 Å². The van der Waals surface area contributed by atoms with Crippen molar-refractivity contribution in [1.82, 2.24) is 0 Å². The summed E-state index contributed by atoms with van der Waals surface area (Å²) in [4.78, 5) is 0. The third-order valence-electron chi connectivity index (χ3n) is 2.27. The van der Waals surface area contributed by atoms with E-state index in [1.165, 1.54) is 18.2 Å². The van der Waals surface area contributed by atoms with Gasteiger partial charge in [0.05, 0.1) is 19.8 Å². The van der Waals surface area contributed by atoms with Crippen LogP contribution in [-0.4, -0.2) is 38.7 Å². The Balaban J connectivity index is 3.14. The predicted molar refractivity (Wildman–Crippen MR) is 52.1 cm³/mol. The van der Waals surface area contributed by atoms with E-state index in [1.807, 2.05) is 0 Å². The lowest BCUT2D eigenvalue weighted by Crippen LogP contribution is -2.34. The van der Waals surface area contributed by atoms with Crippen LogP contribution >= 0.6 is 0 Å². The fourth-order valence-corrected chi connectivity index (χ4v) is 1.29. The number of aromatic hydroxyl groups is 1. The van der Waals surface area contributed by atoms with Gasteiger partial charge in [-0.2, -0.15) is 0 Å². The molecule has 1 rings (SSSR count). The van der Waals surface area contributed by atoms with E-state index in [-0.39, 0.29) is 17.9 Å². The average molecular weight is 214 g/mol. The maximum Gasteiger partial charge on any atom is 0.139 e. The third kappa shape index (κ3) is 2.27. The molecule has 0 aromatic heterocycles. The highest BCUT2D eigenvalue weighted by Gasteiger charge is 2.30. The van der Waals surface area contributed by atoms with Gasteiger partial charge in [0.1, 0.15) is 11.4 Å². The molecule has 5 N–H and O–H groups in total. The Morgan fingerprint density at radius 1 is 1.07 bits per heavy atom. The van der Waals surface area contributed by atoms with E-state index in [0.717, 1.165) is 0 Å². The highest BCUT2D eigenvalue weighted by molar-refractivity contribution is 5.40. The molecule has 0 aliphatic carbocycles. The minimum Gasteiger partial charge on any atom is -0.508 e. The Labute approximate surface area is 86.9 Å². The Kier molecular flexibility index (Phi) is 3.65. The van der Waals surface area contributed by atoms with Gasteiger partial charge < -0.3 is 25.5 Å². The van der Waals surface area contributed by atoms with Gasteiger partial charge in [0.2, 0.25) is 0 Å². The van der Waals surface area contributed by atoms with Crippen LogP contribution in [-0.2, 0) is 12.2 Å². The molecule has 0 amide bonds. The lowest BCUT2D eigenvalue weighted by atomic mass is 9.94. The first-order chi connectivity index (χ1) is 7.07. The summed E-state index contributed by atoms with van der Waals surface area (Å²) in [5, 5.41) is 45.9. The second-order valence-electron chi connectivity index (χ2n) is 3.36. The van der Waals surface area contributed by atoms with Gasteiger partial charge in [-0.15, -0.1) is 0 Å². The maximum absolute atomic E-state index is 9.72. The molecular weight excluding hydrogens is 200 g/mol. The highest BCUT2D eigenvalue weighted by Crippen LogP contribution is 2.29. The molecule has 0 aliphatic heterocycles. The lowest BCUT2D eigenvalue weighted by molar-refractivity contribution is -0.0611. The van der Waals surface area contributed by atoms with Crippen LogP contribution in [0.15, 0.2) is 18.2 Å². The SMILES string of the molecule is OCc1ccc(C(O)(CO)CO)c(O)c1. The summed E-state index contributed by atoms with van der Waals surface area (Å²) in [5.41, 5.74) is -1.35. The zero-order chi connectivity index (χ0) is 11.5. The summed E-state index contributed by atoms with van der Waals surface area (Å²) in [7, 11) is 0. The lowest BCUT2D eigenvalue weighted by Gasteiger charge is -2.24. The summed E-state index contributed by atoms with van der Waals surface area (Å²) in [6.07, 6.45) is 0. The van der Waals surface area contributed by atoms with Crippen molar-refractivity contribution in [2.75, 3.05) is 13.2 Å². The van der Waals surface area contributed by atoms with Gasteiger partial charge >= 0.3 is 0 Å². The number of phenols is 1. The molecule has 15 heavy (non-hydrogen) atoms. The van der Waals surface area contributed by atoms with Gasteiger partial charge in [0.25, 0.3) is 0 Å². The topological polar surface area (TPSA) is 101 Å². The van der Waals surface area contributed by atoms with Gasteiger partial charge in [-0.25, -0.2) is 0 Å². The Morgan fingerprint density at radius 3 is 2.07 bits per heavy atom. The summed E-state index contributed by atoms with van der Waals surface area (Å²) >= 11 is 0. The molecule has 5 heteroatoms. The zero-order valence-corrected chi connectivity index (χ0v) is 8.09. The second-order valence-corrected chi connectivity index (χ2v) is 3.36. The molecule has 1 aromatic rings. The second kappa shape index (κ2) is 4.59. The standard InChI is InChI=1S/C10H14O5/c11-4-7-1-2-8(9(14)3-7)10(15,5-12)6-13/h1-3,11-15H,4-6H2. The van der Waals surface area contributed by atoms with E-state index < -0.39 is 18.8 Å². The zero-order valence-electron chi connectivity index (χ0n) is 8.09.